The Kier molecular flexibility index (Phi) is 6.16. The SMILES string of the molecule is Cc1ccc2c(c1)nc(C)n2[C@H]1CCN(C(=O)OC(C)(C)C)C[C@@H]1OCC(C)(C)O. The Morgan fingerprint density at radius 3 is 2.57 bits per heavy atom. The number of aryl methyl sites for hydroxylation is 2. The Labute approximate surface area is 179 Å². The lowest BCUT2D eigenvalue weighted by atomic mass is 10.0. The first-order valence-electron chi connectivity index (χ1n) is 10.6. The van der Waals surface area contributed by atoms with Crippen LogP contribution in [0.1, 0.15) is 58.5 Å². The average molecular weight is 418 g/mol. The highest BCUT2D eigenvalue weighted by Gasteiger charge is 2.37. The molecule has 0 radical (unpaired) electrons. The van der Waals surface area contributed by atoms with Crippen LogP contribution >= 0.6 is 0 Å². The first-order chi connectivity index (χ1) is 13.8. The van der Waals surface area contributed by atoms with E-state index in [1.54, 1.807) is 18.7 Å². The third-order valence-electron chi connectivity index (χ3n) is 5.18. The van der Waals surface area contributed by atoms with Crippen LogP contribution < -0.4 is 0 Å². The standard InChI is InChI=1S/C23H35N3O4/c1-15-8-9-18-17(12-15)24-16(2)26(18)19-10-11-25(21(27)30-22(3,4)5)13-20(19)29-14-23(6,7)28/h8-9,12,19-20,28H,10-11,13-14H2,1-7H3/t19-,20-/m0/s1. The minimum atomic E-state index is -0.956. The fraction of sp³-hybridized carbons (Fsp3) is 0.652. The van der Waals surface area contributed by atoms with Crippen molar-refractivity contribution in [2.75, 3.05) is 19.7 Å². The molecule has 1 aliphatic heterocycles. The highest BCUT2D eigenvalue weighted by atomic mass is 16.6. The van der Waals surface area contributed by atoms with Gasteiger partial charge in [-0.15, -0.1) is 0 Å². The average Bonchev–Trinajstić information content (AvgIpc) is 2.92. The van der Waals surface area contributed by atoms with Crippen LogP contribution in [0.3, 0.4) is 0 Å². The third kappa shape index (κ3) is 5.32. The van der Waals surface area contributed by atoms with Crippen molar-refractivity contribution in [3.8, 4) is 0 Å². The maximum atomic E-state index is 12.7. The second kappa shape index (κ2) is 8.19. The molecular formula is C23H35N3O4. The molecule has 0 saturated carbocycles. The lowest BCUT2D eigenvalue weighted by Crippen LogP contribution is -2.50. The highest BCUT2D eigenvalue weighted by molar-refractivity contribution is 5.77. The number of hydrogen-bond acceptors (Lipinski definition) is 5. The predicted octanol–water partition coefficient (Wildman–Crippen LogP) is 3.99. The van der Waals surface area contributed by atoms with Gasteiger partial charge in [-0.25, -0.2) is 9.78 Å². The molecule has 2 aromatic rings. The van der Waals surface area contributed by atoms with Crippen molar-refractivity contribution in [3.05, 3.63) is 29.6 Å². The fourth-order valence-electron chi connectivity index (χ4n) is 3.91. The van der Waals surface area contributed by atoms with Gasteiger partial charge in [0.25, 0.3) is 0 Å². The zero-order valence-electron chi connectivity index (χ0n) is 19.2. The molecule has 3 rings (SSSR count). The van der Waals surface area contributed by atoms with E-state index in [0.717, 1.165) is 23.3 Å². The van der Waals surface area contributed by atoms with Gasteiger partial charge in [0.2, 0.25) is 0 Å². The maximum absolute atomic E-state index is 12.7. The Hall–Kier alpha value is -2.12. The molecule has 0 bridgehead atoms. The van der Waals surface area contributed by atoms with Crippen molar-refractivity contribution in [3.63, 3.8) is 0 Å². The van der Waals surface area contributed by atoms with E-state index < -0.39 is 11.2 Å². The number of imidazole rings is 1. The van der Waals surface area contributed by atoms with Gasteiger partial charge >= 0.3 is 6.09 Å². The van der Waals surface area contributed by atoms with Crippen molar-refractivity contribution < 1.29 is 19.4 Å². The lowest BCUT2D eigenvalue weighted by molar-refractivity contribution is -0.0898. The second-order valence-electron chi connectivity index (χ2n) is 9.97. The third-order valence-corrected chi connectivity index (χ3v) is 5.18. The maximum Gasteiger partial charge on any atom is 0.410 e. The van der Waals surface area contributed by atoms with Crippen LogP contribution in [0.15, 0.2) is 18.2 Å². The fourth-order valence-corrected chi connectivity index (χ4v) is 3.91. The molecule has 0 unspecified atom stereocenters. The molecule has 166 valence electrons. The van der Waals surface area contributed by atoms with Crippen LogP contribution in [0.25, 0.3) is 11.0 Å². The molecule has 2 heterocycles. The lowest BCUT2D eigenvalue weighted by Gasteiger charge is -2.40. The van der Waals surface area contributed by atoms with Crippen LogP contribution in [-0.2, 0) is 9.47 Å². The quantitative estimate of drug-likeness (QED) is 0.814. The summed E-state index contributed by atoms with van der Waals surface area (Å²) in [6.45, 7) is 14.3. The summed E-state index contributed by atoms with van der Waals surface area (Å²) in [4.78, 5) is 19.1. The van der Waals surface area contributed by atoms with Gasteiger partial charge in [-0.2, -0.15) is 0 Å². The molecule has 1 amide bonds. The smallest absolute Gasteiger partial charge is 0.410 e. The number of aromatic nitrogens is 2. The normalized spacial score (nSPS) is 20.6. The molecule has 1 aliphatic rings. The van der Waals surface area contributed by atoms with Crippen LogP contribution in [0.5, 0.6) is 0 Å². The number of nitrogens with zero attached hydrogens (tertiary/aromatic N) is 3. The Bertz CT molecular complexity index is 908. The van der Waals surface area contributed by atoms with Gasteiger partial charge in [0.05, 0.1) is 41.9 Å². The Morgan fingerprint density at radius 2 is 1.93 bits per heavy atom. The van der Waals surface area contributed by atoms with Crippen LogP contribution in [0.2, 0.25) is 0 Å². The number of piperidine rings is 1. The molecule has 7 heteroatoms. The van der Waals surface area contributed by atoms with Crippen LogP contribution in [0, 0.1) is 13.8 Å². The summed E-state index contributed by atoms with van der Waals surface area (Å²) in [6.07, 6.45) is 0.103. The van der Waals surface area contributed by atoms with E-state index in [2.05, 4.69) is 29.7 Å². The molecule has 1 aromatic heterocycles. The van der Waals surface area contributed by atoms with E-state index in [-0.39, 0.29) is 24.8 Å². The molecule has 1 fully saturated rings. The van der Waals surface area contributed by atoms with Crippen molar-refractivity contribution in [2.24, 2.45) is 0 Å². The summed E-state index contributed by atoms with van der Waals surface area (Å²) < 4.78 is 14.0. The Morgan fingerprint density at radius 1 is 1.23 bits per heavy atom. The van der Waals surface area contributed by atoms with Crippen LogP contribution in [0.4, 0.5) is 4.79 Å². The summed E-state index contributed by atoms with van der Waals surface area (Å²) in [7, 11) is 0. The van der Waals surface area contributed by atoms with Gasteiger partial charge in [-0.05, 0) is 72.6 Å². The van der Waals surface area contributed by atoms with E-state index in [1.807, 2.05) is 27.7 Å². The summed E-state index contributed by atoms with van der Waals surface area (Å²) in [6, 6.07) is 6.28. The highest BCUT2D eigenvalue weighted by Crippen LogP contribution is 2.32. The summed E-state index contributed by atoms with van der Waals surface area (Å²) in [5.74, 6) is 0.920. The molecule has 0 spiro atoms. The van der Waals surface area contributed by atoms with Crippen molar-refractivity contribution in [2.45, 2.75) is 78.2 Å². The number of likely N-dealkylation sites (tertiary alicyclic amines) is 1. The number of amides is 1. The number of hydrogen-bond donors (Lipinski definition) is 1. The van der Waals surface area contributed by atoms with E-state index in [9.17, 15) is 9.90 Å². The first-order valence-corrected chi connectivity index (χ1v) is 10.6. The van der Waals surface area contributed by atoms with E-state index in [0.29, 0.717) is 13.1 Å². The van der Waals surface area contributed by atoms with E-state index in [1.165, 1.54) is 5.56 Å². The van der Waals surface area contributed by atoms with Gasteiger partial charge < -0.3 is 24.0 Å². The first kappa shape index (κ1) is 22.6. The predicted molar refractivity (Wildman–Crippen MR) is 117 cm³/mol. The van der Waals surface area contributed by atoms with Crippen LogP contribution in [-0.4, -0.2) is 62.7 Å². The monoisotopic (exact) mass is 417 g/mol. The summed E-state index contributed by atoms with van der Waals surface area (Å²) >= 11 is 0. The minimum Gasteiger partial charge on any atom is -0.444 e. The van der Waals surface area contributed by atoms with Gasteiger partial charge in [-0.3, -0.25) is 0 Å². The van der Waals surface area contributed by atoms with Gasteiger partial charge in [0.15, 0.2) is 0 Å². The molecule has 2 atom stereocenters. The number of benzene rings is 1. The zero-order valence-corrected chi connectivity index (χ0v) is 19.2. The molecule has 1 saturated heterocycles. The number of ether oxygens (including phenoxy) is 2. The van der Waals surface area contributed by atoms with Crippen molar-refractivity contribution in [1.82, 2.24) is 14.5 Å². The molecule has 1 N–H and O–H groups in total. The zero-order chi connectivity index (χ0) is 22.3. The molecule has 30 heavy (non-hydrogen) atoms. The number of carbonyl (C=O) groups excluding carboxylic acids is 1. The van der Waals surface area contributed by atoms with Crippen molar-refractivity contribution >= 4 is 17.1 Å². The molecule has 7 nitrogen and oxygen atoms in total. The molecule has 0 aliphatic carbocycles. The number of rotatable bonds is 4. The van der Waals surface area contributed by atoms with Gasteiger partial charge in [0.1, 0.15) is 11.4 Å². The van der Waals surface area contributed by atoms with Gasteiger partial charge in [-0.1, -0.05) is 6.07 Å². The van der Waals surface area contributed by atoms with Gasteiger partial charge in [0, 0.05) is 6.54 Å². The van der Waals surface area contributed by atoms with E-state index in [4.69, 9.17) is 14.5 Å². The largest absolute Gasteiger partial charge is 0.444 e. The minimum absolute atomic E-state index is 0.0127. The molecule has 1 aromatic carbocycles. The second-order valence-corrected chi connectivity index (χ2v) is 9.97. The number of fused-ring (bicyclic) bond motifs is 1. The topological polar surface area (TPSA) is 76.8 Å². The molecular weight excluding hydrogens is 382 g/mol. The summed E-state index contributed by atoms with van der Waals surface area (Å²) in [5.41, 5.74) is 1.68. The number of carbonyl (C=O) groups is 1. The Balaban J connectivity index is 1.90. The number of aliphatic hydroxyl groups is 1. The van der Waals surface area contributed by atoms with Crippen molar-refractivity contribution in [1.29, 1.82) is 0 Å². The summed E-state index contributed by atoms with van der Waals surface area (Å²) in [5, 5.41) is 10.2. The van der Waals surface area contributed by atoms with E-state index >= 15 is 0 Å².